The first kappa shape index (κ1) is 19.3. The topological polar surface area (TPSA) is 63.2 Å². The number of amides is 1. The SMILES string of the molecule is CC(NC(=O)C(F)(F)F)c1ccc(S(=O)(=O)c2ccc(Cl)cc2)cc1. The number of nitrogens with one attached hydrogen (secondary N) is 1. The lowest BCUT2D eigenvalue weighted by Crippen LogP contribution is -2.38. The Bertz CT molecular complexity index is 863. The van der Waals surface area contributed by atoms with Crippen LogP contribution in [0.2, 0.25) is 5.02 Å². The number of alkyl halides is 3. The monoisotopic (exact) mass is 391 g/mol. The summed E-state index contributed by atoms with van der Waals surface area (Å²) in [5.41, 5.74) is 0.340. The molecule has 0 saturated carbocycles. The van der Waals surface area contributed by atoms with E-state index in [1.165, 1.54) is 55.5 Å². The summed E-state index contributed by atoms with van der Waals surface area (Å²) in [6.07, 6.45) is -4.98. The molecule has 2 aromatic carbocycles. The van der Waals surface area contributed by atoms with Gasteiger partial charge in [0.25, 0.3) is 0 Å². The molecule has 134 valence electrons. The average Bonchev–Trinajstić information content (AvgIpc) is 2.54. The van der Waals surface area contributed by atoms with E-state index >= 15 is 0 Å². The molecule has 0 fully saturated rings. The standard InChI is InChI=1S/C16H13ClF3NO3S/c1-10(21-15(22)16(18,19)20)11-2-6-13(7-3-11)25(23,24)14-8-4-12(17)5-9-14/h2-10H,1H3,(H,21,22). The quantitative estimate of drug-likeness (QED) is 0.859. The molecule has 0 aromatic heterocycles. The van der Waals surface area contributed by atoms with Gasteiger partial charge in [0.1, 0.15) is 0 Å². The van der Waals surface area contributed by atoms with Gasteiger partial charge in [-0.2, -0.15) is 13.2 Å². The zero-order valence-electron chi connectivity index (χ0n) is 12.8. The first-order valence-corrected chi connectivity index (χ1v) is 8.86. The minimum Gasteiger partial charge on any atom is -0.342 e. The zero-order chi connectivity index (χ0) is 18.8. The molecule has 1 N–H and O–H groups in total. The maximum Gasteiger partial charge on any atom is 0.471 e. The van der Waals surface area contributed by atoms with Crippen LogP contribution in [0, 0.1) is 0 Å². The van der Waals surface area contributed by atoms with Gasteiger partial charge in [0.05, 0.1) is 15.8 Å². The molecule has 0 aliphatic carbocycles. The molecule has 0 aliphatic heterocycles. The van der Waals surface area contributed by atoms with Crippen molar-refractivity contribution in [2.24, 2.45) is 0 Å². The molecule has 1 amide bonds. The van der Waals surface area contributed by atoms with E-state index in [4.69, 9.17) is 11.6 Å². The predicted octanol–water partition coefficient (Wildman–Crippen LogP) is 3.91. The summed E-state index contributed by atoms with van der Waals surface area (Å²) in [5, 5.41) is 2.20. The Morgan fingerprint density at radius 1 is 1.00 bits per heavy atom. The maximum absolute atomic E-state index is 12.5. The second-order valence-corrected chi connectivity index (χ2v) is 7.61. The molecule has 1 unspecified atom stereocenters. The van der Waals surface area contributed by atoms with Gasteiger partial charge in [0.2, 0.25) is 9.84 Å². The fraction of sp³-hybridized carbons (Fsp3) is 0.188. The maximum atomic E-state index is 12.5. The lowest BCUT2D eigenvalue weighted by molar-refractivity contribution is -0.174. The first-order chi connectivity index (χ1) is 11.5. The Labute approximate surface area is 147 Å². The molecular weight excluding hydrogens is 379 g/mol. The van der Waals surface area contributed by atoms with Crippen molar-refractivity contribution in [3.63, 3.8) is 0 Å². The van der Waals surface area contributed by atoms with Gasteiger partial charge >= 0.3 is 12.1 Å². The molecule has 25 heavy (non-hydrogen) atoms. The molecular formula is C16H13ClF3NO3S. The van der Waals surface area contributed by atoms with E-state index in [0.717, 1.165) is 0 Å². The average molecular weight is 392 g/mol. The van der Waals surface area contributed by atoms with Gasteiger partial charge in [-0.25, -0.2) is 8.42 Å². The molecule has 1 atom stereocenters. The van der Waals surface area contributed by atoms with Crippen LogP contribution >= 0.6 is 11.6 Å². The van der Waals surface area contributed by atoms with E-state index in [1.54, 1.807) is 5.32 Å². The fourth-order valence-electron chi connectivity index (χ4n) is 2.05. The summed E-state index contributed by atoms with van der Waals surface area (Å²) in [6, 6.07) is 9.92. The van der Waals surface area contributed by atoms with Crippen molar-refractivity contribution >= 4 is 27.3 Å². The number of hydrogen-bond acceptors (Lipinski definition) is 3. The lowest BCUT2D eigenvalue weighted by Gasteiger charge is -2.16. The van der Waals surface area contributed by atoms with Crippen LogP contribution in [0.1, 0.15) is 18.5 Å². The summed E-state index contributed by atoms with van der Waals surface area (Å²) < 4.78 is 61.7. The molecule has 0 saturated heterocycles. The Hall–Kier alpha value is -2.06. The van der Waals surface area contributed by atoms with Gasteiger partial charge in [0, 0.05) is 5.02 Å². The minimum atomic E-state index is -4.98. The van der Waals surface area contributed by atoms with Gasteiger partial charge < -0.3 is 5.32 Å². The molecule has 0 spiro atoms. The van der Waals surface area contributed by atoms with E-state index in [2.05, 4.69) is 0 Å². The Kier molecular flexibility index (Phi) is 5.43. The molecule has 4 nitrogen and oxygen atoms in total. The predicted molar refractivity (Wildman–Crippen MR) is 86.0 cm³/mol. The third-order valence-corrected chi connectivity index (χ3v) is 5.46. The third-order valence-electron chi connectivity index (χ3n) is 3.42. The third kappa shape index (κ3) is 4.52. The highest BCUT2D eigenvalue weighted by molar-refractivity contribution is 7.91. The molecule has 0 radical (unpaired) electrons. The van der Waals surface area contributed by atoms with Crippen LogP contribution in [0.4, 0.5) is 13.2 Å². The highest BCUT2D eigenvalue weighted by atomic mass is 35.5. The molecule has 2 aromatic rings. The van der Waals surface area contributed by atoms with Gasteiger partial charge in [0.15, 0.2) is 0 Å². The van der Waals surface area contributed by atoms with E-state index in [-0.39, 0.29) is 9.79 Å². The Morgan fingerprint density at radius 3 is 1.88 bits per heavy atom. The fourth-order valence-corrected chi connectivity index (χ4v) is 3.43. The van der Waals surface area contributed by atoms with Gasteiger partial charge in [-0.15, -0.1) is 0 Å². The molecule has 9 heteroatoms. The van der Waals surface area contributed by atoms with E-state index < -0.39 is 28.0 Å². The van der Waals surface area contributed by atoms with E-state index in [1.807, 2.05) is 0 Å². The van der Waals surface area contributed by atoms with Gasteiger partial charge in [-0.05, 0) is 48.9 Å². The van der Waals surface area contributed by atoms with Crippen LogP contribution in [-0.2, 0) is 14.6 Å². The van der Waals surface area contributed by atoms with Crippen molar-refractivity contribution < 1.29 is 26.4 Å². The first-order valence-electron chi connectivity index (χ1n) is 7.00. The van der Waals surface area contributed by atoms with Crippen LogP contribution in [0.5, 0.6) is 0 Å². The summed E-state index contributed by atoms with van der Waals surface area (Å²) in [6.45, 7) is 1.37. The molecule has 2 rings (SSSR count). The highest BCUT2D eigenvalue weighted by Crippen LogP contribution is 2.24. The number of carbonyl (C=O) groups is 1. The molecule has 0 aliphatic rings. The van der Waals surface area contributed by atoms with Gasteiger partial charge in [-0.3, -0.25) is 4.79 Å². The normalized spacial score (nSPS) is 13.3. The summed E-state index contributed by atoms with van der Waals surface area (Å²) >= 11 is 5.73. The Morgan fingerprint density at radius 2 is 1.44 bits per heavy atom. The van der Waals surface area contributed by atoms with Crippen molar-refractivity contribution in [1.29, 1.82) is 0 Å². The van der Waals surface area contributed by atoms with Crippen LogP contribution in [0.25, 0.3) is 0 Å². The second kappa shape index (κ2) is 7.05. The number of rotatable bonds is 4. The van der Waals surface area contributed by atoms with Crippen molar-refractivity contribution in [2.45, 2.75) is 28.9 Å². The van der Waals surface area contributed by atoms with Crippen molar-refractivity contribution in [3.05, 3.63) is 59.1 Å². The number of halogens is 4. The van der Waals surface area contributed by atoms with Crippen LogP contribution in [0.15, 0.2) is 58.3 Å². The Balaban J connectivity index is 2.22. The number of benzene rings is 2. The van der Waals surface area contributed by atoms with Crippen molar-refractivity contribution in [2.75, 3.05) is 0 Å². The summed E-state index contributed by atoms with van der Waals surface area (Å²) in [7, 11) is -3.77. The van der Waals surface area contributed by atoms with Crippen molar-refractivity contribution in [1.82, 2.24) is 5.32 Å². The van der Waals surface area contributed by atoms with Crippen LogP contribution in [0.3, 0.4) is 0 Å². The molecule has 0 heterocycles. The lowest BCUT2D eigenvalue weighted by atomic mass is 10.1. The van der Waals surface area contributed by atoms with Crippen molar-refractivity contribution in [3.8, 4) is 0 Å². The van der Waals surface area contributed by atoms with Crippen LogP contribution in [-0.4, -0.2) is 20.5 Å². The summed E-state index contributed by atoms with van der Waals surface area (Å²) in [5.74, 6) is -2.06. The van der Waals surface area contributed by atoms with E-state index in [9.17, 15) is 26.4 Å². The number of sulfone groups is 1. The highest BCUT2D eigenvalue weighted by Gasteiger charge is 2.39. The second-order valence-electron chi connectivity index (χ2n) is 5.22. The number of carbonyl (C=O) groups excluding carboxylic acids is 1. The van der Waals surface area contributed by atoms with Gasteiger partial charge in [-0.1, -0.05) is 23.7 Å². The molecule has 0 bridgehead atoms. The van der Waals surface area contributed by atoms with E-state index in [0.29, 0.717) is 10.6 Å². The van der Waals surface area contributed by atoms with Crippen LogP contribution < -0.4 is 5.32 Å². The number of hydrogen-bond donors (Lipinski definition) is 1. The zero-order valence-corrected chi connectivity index (χ0v) is 14.4. The summed E-state index contributed by atoms with van der Waals surface area (Å²) in [4.78, 5) is 11.0. The largest absolute Gasteiger partial charge is 0.471 e. The minimum absolute atomic E-state index is 0.0204. The smallest absolute Gasteiger partial charge is 0.342 e.